The topological polar surface area (TPSA) is 61.6 Å². The molecule has 1 N–H and O–H groups in total. The molecule has 1 aromatic heterocycles. The lowest BCUT2D eigenvalue weighted by atomic mass is 9.91. The number of nitrogens with one attached hydrogen (secondary N) is 1. The number of nitrogens with zero attached hydrogens (tertiary/aromatic N) is 3. The van der Waals surface area contributed by atoms with Crippen molar-refractivity contribution in [2.45, 2.75) is 56.6 Å². The Bertz CT molecular complexity index is 402. The molecule has 1 unspecified atom stereocenters. The van der Waals surface area contributed by atoms with Gasteiger partial charge in [-0.25, -0.2) is 4.98 Å². The summed E-state index contributed by atoms with van der Waals surface area (Å²) >= 11 is 1.69. The first kappa shape index (κ1) is 15.9. The smallest absolute Gasteiger partial charge is 0.114 e. The predicted octanol–water partition coefficient (Wildman–Crippen LogP) is 3.02. The van der Waals surface area contributed by atoms with Crippen molar-refractivity contribution < 1.29 is 0 Å². The lowest BCUT2D eigenvalue weighted by Gasteiger charge is -2.29. The van der Waals surface area contributed by atoms with E-state index in [0.717, 1.165) is 30.0 Å². The van der Waals surface area contributed by atoms with Crippen molar-refractivity contribution in [3.8, 4) is 6.07 Å². The van der Waals surface area contributed by atoms with Crippen molar-refractivity contribution in [3.05, 3.63) is 18.6 Å². The molecular formula is C14H22N4S. The Morgan fingerprint density at radius 1 is 1.47 bits per heavy atom. The highest BCUT2D eigenvalue weighted by molar-refractivity contribution is 7.99. The van der Waals surface area contributed by atoms with Crippen LogP contribution in [0.2, 0.25) is 0 Å². The van der Waals surface area contributed by atoms with Crippen LogP contribution in [-0.4, -0.2) is 27.3 Å². The molecule has 1 heterocycles. The second-order valence-corrected chi connectivity index (χ2v) is 5.96. The van der Waals surface area contributed by atoms with Gasteiger partial charge in [-0.2, -0.15) is 5.26 Å². The molecule has 0 aromatic carbocycles. The maximum Gasteiger partial charge on any atom is 0.114 e. The molecule has 104 valence electrons. The molecule has 0 saturated carbocycles. The lowest BCUT2D eigenvalue weighted by Crippen LogP contribution is -2.47. The van der Waals surface area contributed by atoms with E-state index in [0.29, 0.717) is 6.04 Å². The van der Waals surface area contributed by atoms with Crippen LogP contribution in [0.3, 0.4) is 0 Å². The molecule has 1 aromatic rings. The minimum absolute atomic E-state index is 0.326. The van der Waals surface area contributed by atoms with Gasteiger partial charge in [-0.1, -0.05) is 6.92 Å². The summed E-state index contributed by atoms with van der Waals surface area (Å²) in [5.74, 6) is 0.960. The van der Waals surface area contributed by atoms with Crippen molar-refractivity contribution in [1.29, 1.82) is 5.26 Å². The summed E-state index contributed by atoms with van der Waals surface area (Å²) in [5.41, 5.74) is -0.392. The molecule has 0 aliphatic carbocycles. The maximum absolute atomic E-state index is 9.40. The first-order valence-electron chi connectivity index (χ1n) is 6.69. The van der Waals surface area contributed by atoms with Crippen molar-refractivity contribution >= 4 is 11.8 Å². The van der Waals surface area contributed by atoms with E-state index in [9.17, 15) is 5.26 Å². The van der Waals surface area contributed by atoms with Crippen LogP contribution in [0, 0.1) is 11.3 Å². The number of rotatable bonds is 8. The summed E-state index contributed by atoms with van der Waals surface area (Å²) in [6.45, 7) is 6.22. The highest BCUT2D eigenvalue weighted by atomic mass is 32.2. The zero-order valence-corrected chi connectivity index (χ0v) is 12.7. The fourth-order valence-corrected chi connectivity index (χ4v) is 2.75. The molecule has 0 spiro atoms. The molecule has 0 bridgehead atoms. The summed E-state index contributed by atoms with van der Waals surface area (Å²) < 4.78 is 0. The Labute approximate surface area is 120 Å². The van der Waals surface area contributed by atoms with E-state index < -0.39 is 5.54 Å². The molecule has 0 saturated heterocycles. The number of nitriles is 1. The number of hydrogen-bond donors (Lipinski definition) is 1. The molecule has 0 aliphatic rings. The molecule has 19 heavy (non-hydrogen) atoms. The van der Waals surface area contributed by atoms with E-state index in [1.807, 2.05) is 0 Å². The average Bonchev–Trinajstić information content (AvgIpc) is 2.43. The van der Waals surface area contributed by atoms with Gasteiger partial charge in [-0.05, 0) is 38.9 Å². The number of hydrogen-bond acceptors (Lipinski definition) is 5. The third-order valence-corrected chi connectivity index (χ3v) is 3.92. The van der Waals surface area contributed by atoms with Gasteiger partial charge < -0.3 is 0 Å². The third kappa shape index (κ3) is 5.58. The lowest BCUT2D eigenvalue weighted by molar-refractivity contribution is 0.341. The van der Waals surface area contributed by atoms with E-state index in [2.05, 4.69) is 42.1 Å². The quantitative estimate of drug-likeness (QED) is 0.585. The minimum atomic E-state index is -0.392. The van der Waals surface area contributed by atoms with Crippen molar-refractivity contribution in [2.24, 2.45) is 0 Å². The molecule has 0 fully saturated rings. The van der Waals surface area contributed by atoms with Crippen LogP contribution in [0.5, 0.6) is 0 Å². The van der Waals surface area contributed by atoms with Crippen LogP contribution in [0.25, 0.3) is 0 Å². The van der Waals surface area contributed by atoms with Gasteiger partial charge >= 0.3 is 0 Å². The van der Waals surface area contributed by atoms with Crippen LogP contribution < -0.4 is 5.32 Å². The van der Waals surface area contributed by atoms with Gasteiger partial charge in [0.05, 0.1) is 12.3 Å². The fraction of sp³-hybridized carbons (Fsp3) is 0.643. The van der Waals surface area contributed by atoms with Gasteiger partial charge in [0.15, 0.2) is 0 Å². The largest absolute Gasteiger partial charge is 0.297 e. The zero-order valence-electron chi connectivity index (χ0n) is 11.9. The average molecular weight is 278 g/mol. The monoisotopic (exact) mass is 278 g/mol. The van der Waals surface area contributed by atoms with Gasteiger partial charge in [-0.15, -0.1) is 11.8 Å². The van der Waals surface area contributed by atoms with Crippen LogP contribution in [0.15, 0.2) is 23.6 Å². The molecule has 0 amide bonds. The third-order valence-electron chi connectivity index (χ3n) is 2.92. The summed E-state index contributed by atoms with van der Waals surface area (Å²) in [6.07, 6.45) is 7.84. The van der Waals surface area contributed by atoms with Crippen LogP contribution in [0.4, 0.5) is 0 Å². The maximum atomic E-state index is 9.40. The molecule has 0 radical (unpaired) electrons. The number of thioether (sulfide) groups is 1. The Morgan fingerprint density at radius 3 is 2.79 bits per heavy atom. The van der Waals surface area contributed by atoms with Gasteiger partial charge in [0.2, 0.25) is 0 Å². The van der Waals surface area contributed by atoms with Gasteiger partial charge in [0, 0.05) is 18.4 Å². The zero-order chi connectivity index (χ0) is 14.1. The van der Waals surface area contributed by atoms with Crippen LogP contribution >= 0.6 is 11.8 Å². The summed E-state index contributed by atoms with van der Waals surface area (Å²) in [4.78, 5) is 8.26. The molecular weight excluding hydrogens is 256 g/mol. The second-order valence-electron chi connectivity index (χ2n) is 4.84. The normalized spacial score (nSPS) is 14.1. The Morgan fingerprint density at radius 2 is 2.26 bits per heavy atom. The Kier molecular flexibility index (Phi) is 6.82. The summed E-state index contributed by atoms with van der Waals surface area (Å²) in [7, 11) is 0. The molecule has 1 rings (SSSR count). The summed E-state index contributed by atoms with van der Waals surface area (Å²) in [6, 6.07) is 2.77. The molecule has 0 aliphatic heterocycles. The highest BCUT2D eigenvalue weighted by Crippen LogP contribution is 2.21. The van der Waals surface area contributed by atoms with E-state index in [-0.39, 0.29) is 0 Å². The Hall–Kier alpha value is -1.12. The van der Waals surface area contributed by atoms with Crippen LogP contribution in [0.1, 0.15) is 40.0 Å². The van der Waals surface area contributed by atoms with Crippen molar-refractivity contribution in [2.75, 3.05) is 5.75 Å². The van der Waals surface area contributed by atoms with E-state index in [1.165, 1.54) is 0 Å². The minimum Gasteiger partial charge on any atom is -0.297 e. The van der Waals surface area contributed by atoms with Gasteiger partial charge in [0.1, 0.15) is 10.6 Å². The van der Waals surface area contributed by atoms with Gasteiger partial charge in [-0.3, -0.25) is 10.3 Å². The van der Waals surface area contributed by atoms with Crippen molar-refractivity contribution in [1.82, 2.24) is 15.3 Å². The Balaban J connectivity index is 2.39. The van der Waals surface area contributed by atoms with Crippen LogP contribution in [-0.2, 0) is 0 Å². The van der Waals surface area contributed by atoms with E-state index in [4.69, 9.17) is 0 Å². The summed E-state index contributed by atoms with van der Waals surface area (Å²) in [5, 5.41) is 13.7. The molecule has 4 nitrogen and oxygen atoms in total. The van der Waals surface area contributed by atoms with Gasteiger partial charge in [0.25, 0.3) is 0 Å². The highest BCUT2D eigenvalue weighted by Gasteiger charge is 2.27. The van der Waals surface area contributed by atoms with E-state index >= 15 is 0 Å². The molecule has 1 atom stereocenters. The standard InChI is InChI=1S/C14H22N4S/c1-4-14(11-15,18-12(2)3)6-5-9-19-13-10-16-7-8-17-13/h7-8,10,12,18H,4-6,9H2,1-3H3. The first-order valence-corrected chi connectivity index (χ1v) is 7.68. The molecule has 5 heteroatoms. The fourth-order valence-electron chi connectivity index (χ4n) is 1.98. The second kappa shape index (κ2) is 8.13. The number of aromatic nitrogens is 2. The van der Waals surface area contributed by atoms with Crippen molar-refractivity contribution in [3.63, 3.8) is 0 Å². The van der Waals surface area contributed by atoms with E-state index in [1.54, 1.807) is 30.4 Å². The first-order chi connectivity index (χ1) is 9.12. The predicted molar refractivity (Wildman–Crippen MR) is 78.9 cm³/mol. The SMILES string of the molecule is CCC(C#N)(CCCSc1cnccn1)NC(C)C.